The van der Waals surface area contributed by atoms with Crippen molar-refractivity contribution in [3.63, 3.8) is 0 Å². The Kier molecular flexibility index (Phi) is 5.00. The highest BCUT2D eigenvalue weighted by Gasteiger charge is 2.38. The molecule has 0 saturated heterocycles. The van der Waals surface area contributed by atoms with Crippen LogP contribution in [0.1, 0.15) is 31.9 Å². The third kappa shape index (κ3) is 4.73. The first-order valence-corrected chi connectivity index (χ1v) is 10.8. The first-order chi connectivity index (χ1) is 10.7. The third-order valence-electron chi connectivity index (χ3n) is 4.42. The van der Waals surface area contributed by atoms with Crippen LogP contribution in [0.3, 0.4) is 0 Å². The quantitative estimate of drug-likeness (QED) is 0.556. The second-order valence-electron chi connectivity index (χ2n) is 7.36. The van der Waals surface area contributed by atoms with Gasteiger partial charge >= 0.3 is 0 Å². The molecule has 0 radical (unpaired) electrons. The summed E-state index contributed by atoms with van der Waals surface area (Å²) >= 11 is 0. The van der Waals surface area contributed by atoms with E-state index in [4.69, 9.17) is 4.43 Å². The number of hydrogen-bond donors (Lipinski definition) is 1. The molecule has 3 heteroatoms. The summed E-state index contributed by atoms with van der Waals surface area (Å²) in [6.07, 6.45) is 4.09. The minimum Gasteiger partial charge on any atom is -0.544 e. The molecular weight excluding hydrogens is 300 g/mol. The molecule has 0 fully saturated rings. The molecule has 0 unspecified atom stereocenters. The summed E-state index contributed by atoms with van der Waals surface area (Å²) in [5.41, 5.74) is 2.19. The maximum absolute atomic E-state index is 9.29. The van der Waals surface area contributed by atoms with Crippen LogP contribution < -0.4 is 4.43 Å². The van der Waals surface area contributed by atoms with Gasteiger partial charge in [-0.1, -0.05) is 57.2 Å². The van der Waals surface area contributed by atoms with Crippen LogP contribution in [-0.2, 0) is 0 Å². The van der Waals surface area contributed by atoms with Gasteiger partial charge in [-0.2, -0.15) is 0 Å². The molecule has 0 aliphatic heterocycles. The predicted molar refractivity (Wildman–Crippen MR) is 101 cm³/mol. The van der Waals surface area contributed by atoms with E-state index in [0.717, 1.165) is 16.9 Å². The Hall–Kier alpha value is -2.00. The van der Waals surface area contributed by atoms with Crippen LogP contribution in [0.4, 0.5) is 0 Å². The number of hydrogen-bond acceptors (Lipinski definition) is 2. The van der Waals surface area contributed by atoms with Crippen LogP contribution >= 0.6 is 0 Å². The SMILES string of the molecule is CC(C)(C)[Si](C)(C)Oc1ccc(/C=C/c2ccc(O)cc2)cc1. The van der Waals surface area contributed by atoms with Crippen molar-refractivity contribution >= 4 is 20.5 Å². The van der Waals surface area contributed by atoms with Gasteiger partial charge in [0.05, 0.1) is 0 Å². The Morgan fingerprint density at radius 1 is 0.826 bits per heavy atom. The van der Waals surface area contributed by atoms with Crippen molar-refractivity contribution in [2.75, 3.05) is 0 Å². The van der Waals surface area contributed by atoms with Crippen LogP contribution in [0.15, 0.2) is 48.5 Å². The molecule has 23 heavy (non-hydrogen) atoms. The van der Waals surface area contributed by atoms with E-state index in [9.17, 15) is 5.11 Å². The van der Waals surface area contributed by atoms with Crippen LogP contribution in [0, 0.1) is 0 Å². The molecule has 0 amide bonds. The molecule has 2 rings (SSSR count). The normalized spacial score (nSPS) is 12.6. The highest BCUT2D eigenvalue weighted by atomic mass is 28.4. The highest BCUT2D eigenvalue weighted by Crippen LogP contribution is 2.37. The number of benzene rings is 2. The summed E-state index contributed by atoms with van der Waals surface area (Å²) in [6.45, 7) is 11.2. The summed E-state index contributed by atoms with van der Waals surface area (Å²) in [6, 6.07) is 15.4. The van der Waals surface area contributed by atoms with Gasteiger partial charge in [-0.05, 0) is 53.5 Å². The van der Waals surface area contributed by atoms with Crippen molar-refractivity contribution in [2.24, 2.45) is 0 Å². The molecule has 0 heterocycles. The first-order valence-electron chi connectivity index (χ1n) is 7.94. The largest absolute Gasteiger partial charge is 0.544 e. The molecule has 0 saturated carbocycles. The smallest absolute Gasteiger partial charge is 0.250 e. The minimum atomic E-state index is -1.78. The van der Waals surface area contributed by atoms with E-state index in [1.54, 1.807) is 12.1 Å². The standard InChI is InChI=1S/C20H26O2Si/c1-20(2,3)23(4,5)22-19-14-10-17(11-15-19)7-6-16-8-12-18(21)13-9-16/h6-15,21H,1-5H3/b7-6+. The average molecular weight is 327 g/mol. The van der Waals surface area contributed by atoms with Gasteiger partial charge < -0.3 is 9.53 Å². The molecule has 0 aliphatic rings. The molecule has 2 aromatic carbocycles. The molecule has 0 atom stereocenters. The molecule has 0 aromatic heterocycles. The van der Waals surface area contributed by atoms with Gasteiger partial charge in [0.15, 0.2) is 0 Å². The first kappa shape index (κ1) is 17.4. The van der Waals surface area contributed by atoms with Crippen molar-refractivity contribution in [1.29, 1.82) is 0 Å². The lowest BCUT2D eigenvalue weighted by atomic mass is 10.1. The summed E-state index contributed by atoms with van der Waals surface area (Å²) in [5, 5.41) is 9.49. The monoisotopic (exact) mass is 326 g/mol. The topological polar surface area (TPSA) is 29.5 Å². The van der Waals surface area contributed by atoms with Crippen LogP contribution in [0.25, 0.3) is 12.2 Å². The van der Waals surface area contributed by atoms with Crippen LogP contribution in [0.5, 0.6) is 11.5 Å². The van der Waals surface area contributed by atoms with Crippen molar-refractivity contribution in [2.45, 2.75) is 38.9 Å². The van der Waals surface area contributed by atoms with Gasteiger partial charge in [-0.3, -0.25) is 0 Å². The molecule has 0 bridgehead atoms. The van der Waals surface area contributed by atoms with Gasteiger partial charge in [-0.25, -0.2) is 0 Å². The van der Waals surface area contributed by atoms with Gasteiger partial charge in [0.1, 0.15) is 11.5 Å². The fourth-order valence-electron chi connectivity index (χ4n) is 1.87. The van der Waals surface area contributed by atoms with E-state index in [1.165, 1.54) is 0 Å². The summed E-state index contributed by atoms with van der Waals surface area (Å²) in [7, 11) is -1.78. The molecular formula is C20H26O2Si. The Balaban J connectivity index is 2.06. The minimum absolute atomic E-state index is 0.199. The Morgan fingerprint density at radius 3 is 1.70 bits per heavy atom. The Bertz CT molecular complexity index is 662. The summed E-state index contributed by atoms with van der Waals surface area (Å²) in [5.74, 6) is 1.23. The van der Waals surface area contributed by atoms with E-state index in [2.05, 4.69) is 52.1 Å². The number of phenols is 1. The number of rotatable bonds is 4. The van der Waals surface area contributed by atoms with Gasteiger partial charge in [0, 0.05) is 0 Å². The van der Waals surface area contributed by atoms with Crippen molar-refractivity contribution in [3.8, 4) is 11.5 Å². The fraction of sp³-hybridized carbons (Fsp3) is 0.300. The molecule has 122 valence electrons. The molecule has 2 aromatic rings. The zero-order valence-electron chi connectivity index (χ0n) is 14.6. The van der Waals surface area contributed by atoms with E-state index >= 15 is 0 Å². The zero-order valence-corrected chi connectivity index (χ0v) is 15.6. The predicted octanol–water partition coefficient (Wildman–Crippen LogP) is 5.95. The van der Waals surface area contributed by atoms with Crippen molar-refractivity contribution < 1.29 is 9.53 Å². The van der Waals surface area contributed by atoms with E-state index < -0.39 is 8.32 Å². The van der Waals surface area contributed by atoms with E-state index in [0.29, 0.717) is 0 Å². The summed E-state index contributed by atoms with van der Waals surface area (Å²) < 4.78 is 6.28. The van der Waals surface area contributed by atoms with E-state index in [1.807, 2.05) is 30.3 Å². The molecule has 1 N–H and O–H groups in total. The van der Waals surface area contributed by atoms with Crippen LogP contribution in [0.2, 0.25) is 18.1 Å². The number of aromatic hydroxyl groups is 1. The van der Waals surface area contributed by atoms with E-state index in [-0.39, 0.29) is 10.8 Å². The van der Waals surface area contributed by atoms with Gasteiger partial charge in [-0.15, -0.1) is 0 Å². The van der Waals surface area contributed by atoms with Gasteiger partial charge in [0.2, 0.25) is 8.32 Å². The van der Waals surface area contributed by atoms with Crippen molar-refractivity contribution in [1.82, 2.24) is 0 Å². The second kappa shape index (κ2) is 6.63. The average Bonchev–Trinajstić information content (AvgIpc) is 2.47. The maximum atomic E-state index is 9.29. The fourth-order valence-corrected chi connectivity index (χ4v) is 2.90. The Labute approximate surface area is 140 Å². The number of phenolic OH excluding ortho intramolecular Hbond substituents is 1. The zero-order chi connectivity index (χ0) is 17.1. The van der Waals surface area contributed by atoms with Gasteiger partial charge in [0.25, 0.3) is 0 Å². The lowest BCUT2D eigenvalue weighted by Crippen LogP contribution is -2.43. The highest BCUT2D eigenvalue weighted by molar-refractivity contribution is 6.74. The van der Waals surface area contributed by atoms with Crippen molar-refractivity contribution in [3.05, 3.63) is 59.7 Å². The maximum Gasteiger partial charge on any atom is 0.250 e. The third-order valence-corrected chi connectivity index (χ3v) is 8.78. The van der Waals surface area contributed by atoms with Crippen LogP contribution in [-0.4, -0.2) is 13.4 Å². The lowest BCUT2D eigenvalue weighted by molar-refractivity contribution is 0.475. The summed E-state index contributed by atoms with van der Waals surface area (Å²) in [4.78, 5) is 0. The molecule has 2 nitrogen and oxygen atoms in total. The second-order valence-corrected chi connectivity index (χ2v) is 12.1. The molecule has 0 spiro atoms. The Morgan fingerprint density at radius 2 is 1.26 bits per heavy atom. The lowest BCUT2D eigenvalue weighted by Gasteiger charge is -2.36. The molecule has 0 aliphatic carbocycles.